The molecule has 1 rings (SSSR count). The first-order chi connectivity index (χ1) is 7.22. The predicted molar refractivity (Wildman–Crippen MR) is 69.2 cm³/mol. The number of hydrogen-bond donors (Lipinski definition) is 2. The van der Waals surface area contributed by atoms with Crippen molar-refractivity contribution in [2.24, 2.45) is 0 Å². The van der Waals surface area contributed by atoms with Gasteiger partial charge in [-0.15, -0.1) is 0 Å². The average Bonchev–Trinajstić information content (AvgIpc) is 2.16. The third-order valence-corrected chi connectivity index (χ3v) is 3.53. The third kappa shape index (κ3) is 5.13. The van der Waals surface area contributed by atoms with E-state index in [1.165, 1.54) is 11.5 Å². The molecular formula is C9H16N4S2. The van der Waals surface area contributed by atoms with Gasteiger partial charge in [-0.1, -0.05) is 18.7 Å². The summed E-state index contributed by atoms with van der Waals surface area (Å²) in [5, 5.41) is 0.675. The van der Waals surface area contributed by atoms with E-state index in [1.807, 2.05) is 11.8 Å². The number of aromatic nitrogens is 2. The first-order valence-electron chi connectivity index (χ1n) is 4.83. The number of nitrogens with zero attached hydrogens (tertiary/aromatic N) is 2. The van der Waals surface area contributed by atoms with Gasteiger partial charge in [-0.2, -0.15) is 11.8 Å². The second-order valence-electron chi connectivity index (χ2n) is 2.90. The van der Waals surface area contributed by atoms with Crippen molar-refractivity contribution < 1.29 is 0 Å². The lowest BCUT2D eigenvalue weighted by molar-refractivity contribution is 0.979. The summed E-state index contributed by atoms with van der Waals surface area (Å²) in [6.07, 6.45) is 1.15. The molecule has 1 aromatic rings. The fraction of sp³-hybridized carbons (Fsp3) is 0.556. The van der Waals surface area contributed by atoms with E-state index >= 15 is 0 Å². The molecule has 84 valence electrons. The van der Waals surface area contributed by atoms with Crippen LogP contribution in [-0.4, -0.2) is 27.2 Å². The number of thioether (sulfide) groups is 2. The lowest BCUT2D eigenvalue weighted by atomic mass is 10.5. The zero-order valence-electron chi connectivity index (χ0n) is 8.77. The summed E-state index contributed by atoms with van der Waals surface area (Å²) in [6.45, 7) is 2.17. The summed E-state index contributed by atoms with van der Waals surface area (Å²) in [4.78, 5) is 8.19. The summed E-state index contributed by atoms with van der Waals surface area (Å²) in [6, 6.07) is 1.57. The number of anilines is 2. The molecule has 4 N–H and O–H groups in total. The largest absolute Gasteiger partial charge is 0.383 e. The Morgan fingerprint density at radius 2 is 1.87 bits per heavy atom. The SMILES string of the molecule is CCSCCCSc1nc(N)cc(N)n1. The summed E-state index contributed by atoms with van der Waals surface area (Å²) in [7, 11) is 0. The Morgan fingerprint density at radius 3 is 2.47 bits per heavy atom. The molecule has 0 unspecified atom stereocenters. The molecular weight excluding hydrogens is 228 g/mol. The Hall–Kier alpha value is -0.620. The van der Waals surface area contributed by atoms with Gasteiger partial charge in [0.15, 0.2) is 5.16 Å². The van der Waals surface area contributed by atoms with Gasteiger partial charge in [-0.3, -0.25) is 0 Å². The van der Waals surface area contributed by atoms with Crippen LogP contribution >= 0.6 is 23.5 Å². The highest BCUT2D eigenvalue weighted by atomic mass is 32.2. The molecule has 0 radical (unpaired) electrons. The molecule has 0 atom stereocenters. The molecule has 0 aromatic carbocycles. The quantitative estimate of drug-likeness (QED) is 0.452. The standard InChI is InChI=1S/C9H16N4S2/c1-2-14-4-3-5-15-9-12-7(10)6-8(11)13-9/h6H,2-5H2,1H3,(H4,10,11,12,13). The molecule has 0 fully saturated rings. The molecule has 1 aromatic heterocycles. The molecule has 4 nitrogen and oxygen atoms in total. The highest BCUT2D eigenvalue weighted by Gasteiger charge is 2.00. The maximum atomic E-state index is 5.56. The zero-order valence-corrected chi connectivity index (χ0v) is 10.4. The maximum absolute atomic E-state index is 5.56. The number of hydrogen-bond acceptors (Lipinski definition) is 6. The van der Waals surface area contributed by atoms with E-state index in [4.69, 9.17) is 11.5 Å². The number of nitrogens with two attached hydrogens (primary N) is 2. The van der Waals surface area contributed by atoms with Gasteiger partial charge in [0.2, 0.25) is 0 Å². The Balaban J connectivity index is 2.31. The zero-order chi connectivity index (χ0) is 11.1. The molecule has 0 saturated heterocycles. The van der Waals surface area contributed by atoms with Crippen molar-refractivity contribution in [2.75, 3.05) is 28.7 Å². The number of rotatable bonds is 6. The first-order valence-corrected chi connectivity index (χ1v) is 6.97. The van der Waals surface area contributed by atoms with Crippen LogP contribution in [0.5, 0.6) is 0 Å². The van der Waals surface area contributed by atoms with E-state index in [0.717, 1.165) is 12.2 Å². The number of nitrogen functional groups attached to an aromatic ring is 2. The van der Waals surface area contributed by atoms with Crippen LogP contribution in [0.2, 0.25) is 0 Å². The molecule has 6 heteroatoms. The lowest BCUT2D eigenvalue weighted by Gasteiger charge is -2.02. The average molecular weight is 244 g/mol. The molecule has 0 spiro atoms. The molecule has 0 amide bonds. The highest BCUT2D eigenvalue weighted by Crippen LogP contribution is 2.17. The topological polar surface area (TPSA) is 77.8 Å². The molecule has 0 aliphatic rings. The van der Waals surface area contributed by atoms with Crippen LogP contribution in [0.25, 0.3) is 0 Å². The van der Waals surface area contributed by atoms with E-state index in [1.54, 1.807) is 17.8 Å². The fourth-order valence-corrected chi connectivity index (χ4v) is 2.63. The van der Waals surface area contributed by atoms with E-state index in [2.05, 4.69) is 16.9 Å². The smallest absolute Gasteiger partial charge is 0.191 e. The lowest BCUT2D eigenvalue weighted by Crippen LogP contribution is -1.99. The van der Waals surface area contributed by atoms with Crippen molar-refractivity contribution in [3.05, 3.63) is 6.07 Å². The summed E-state index contributed by atoms with van der Waals surface area (Å²) in [5.41, 5.74) is 11.1. The minimum absolute atomic E-state index is 0.438. The van der Waals surface area contributed by atoms with E-state index in [0.29, 0.717) is 16.8 Å². The molecule has 0 saturated carbocycles. The van der Waals surface area contributed by atoms with Crippen molar-refractivity contribution in [3.8, 4) is 0 Å². The third-order valence-electron chi connectivity index (χ3n) is 1.61. The van der Waals surface area contributed by atoms with Gasteiger partial charge in [0.1, 0.15) is 11.6 Å². The predicted octanol–water partition coefficient (Wildman–Crippen LogP) is 1.88. The molecule has 0 aliphatic heterocycles. The van der Waals surface area contributed by atoms with Crippen LogP contribution < -0.4 is 11.5 Å². The minimum atomic E-state index is 0.438. The van der Waals surface area contributed by atoms with Gasteiger partial charge < -0.3 is 11.5 Å². The van der Waals surface area contributed by atoms with Gasteiger partial charge in [-0.25, -0.2) is 9.97 Å². The van der Waals surface area contributed by atoms with Gasteiger partial charge >= 0.3 is 0 Å². The first kappa shape index (κ1) is 12.4. The van der Waals surface area contributed by atoms with Crippen molar-refractivity contribution in [1.82, 2.24) is 9.97 Å². The van der Waals surface area contributed by atoms with Crippen molar-refractivity contribution in [3.63, 3.8) is 0 Å². The van der Waals surface area contributed by atoms with Gasteiger partial charge in [0, 0.05) is 11.8 Å². The normalized spacial score (nSPS) is 10.5. The van der Waals surface area contributed by atoms with Crippen LogP contribution in [-0.2, 0) is 0 Å². The minimum Gasteiger partial charge on any atom is -0.383 e. The van der Waals surface area contributed by atoms with Crippen LogP contribution in [0.4, 0.5) is 11.6 Å². The van der Waals surface area contributed by atoms with E-state index < -0.39 is 0 Å². The second kappa shape index (κ2) is 6.79. The van der Waals surface area contributed by atoms with Crippen molar-refractivity contribution in [2.45, 2.75) is 18.5 Å². The molecule has 1 heterocycles. The fourth-order valence-electron chi connectivity index (χ4n) is 0.995. The molecule has 0 aliphatic carbocycles. The Bertz CT molecular complexity index is 286. The highest BCUT2D eigenvalue weighted by molar-refractivity contribution is 8.00. The molecule has 0 bridgehead atoms. The Kier molecular flexibility index (Phi) is 5.63. The summed E-state index contributed by atoms with van der Waals surface area (Å²) in [5.74, 6) is 4.24. The Morgan fingerprint density at radius 1 is 1.20 bits per heavy atom. The summed E-state index contributed by atoms with van der Waals surface area (Å²) < 4.78 is 0. The van der Waals surface area contributed by atoms with E-state index in [-0.39, 0.29) is 0 Å². The maximum Gasteiger partial charge on any atom is 0.191 e. The van der Waals surface area contributed by atoms with Crippen LogP contribution in [0, 0.1) is 0 Å². The monoisotopic (exact) mass is 244 g/mol. The molecule has 15 heavy (non-hydrogen) atoms. The Labute approximate surface area is 98.6 Å². The second-order valence-corrected chi connectivity index (χ2v) is 5.36. The summed E-state index contributed by atoms with van der Waals surface area (Å²) >= 11 is 3.55. The van der Waals surface area contributed by atoms with Crippen LogP contribution in [0.1, 0.15) is 13.3 Å². The van der Waals surface area contributed by atoms with Gasteiger partial charge in [0.05, 0.1) is 0 Å². The van der Waals surface area contributed by atoms with E-state index in [9.17, 15) is 0 Å². The van der Waals surface area contributed by atoms with Crippen LogP contribution in [0.15, 0.2) is 11.2 Å². The van der Waals surface area contributed by atoms with Crippen molar-refractivity contribution >= 4 is 35.2 Å². The van der Waals surface area contributed by atoms with Crippen LogP contribution in [0.3, 0.4) is 0 Å². The van der Waals surface area contributed by atoms with Gasteiger partial charge in [0.25, 0.3) is 0 Å². The van der Waals surface area contributed by atoms with Crippen molar-refractivity contribution in [1.29, 1.82) is 0 Å². The van der Waals surface area contributed by atoms with Gasteiger partial charge in [-0.05, 0) is 17.9 Å².